The van der Waals surface area contributed by atoms with Crippen molar-refractivity contribution in [1.82, 2.24) is 14.6 Å². The zero-order valence-corrected chi connectivity index (χ0v) is 17.9. The van der Waals surface area contributed by atoms with Crippen LogP contribution in [0.5, 0.6) is 0 Å². The van der Waals surface area contributed by atoms with Gasteiger partial charge in [-0.3, -0.25) is 9.78 Å². The van der Waals surface area contributed by atoms with E-state index in [0.717, 1.165) is 56.4 Å². The molecule has 8 heteroatoms. The van der Waals surface area contributed by atoms with Gasteiger partial charge < -0.3 is 10.2 Å². The fourth-order valence-corrected chi connectivity index (χ4v) is 5.67. The van der Waals surface area contributed by atoms with E-state index in [4.69, 9.17) is 0 Å². The molecular weight excluding hydrogens is 400 g/mol. The maximum absolute atomic E-state index is 13.1. The number of pyridine rings is 1. The number of anilines is 1. The molecule has 4 rings (SSSR count). The Morgan fingerprint density at radius 3 is 2.43 bits per heavy atom. The van der Waals surface area contributed by atoms with E-state index in [2.05, 4.69) is 15.2 Å². The van der Waals surface area contributed by atoms with E-state index in [1.54, 1.807) is 34.9 Å². The van der Waals surface area contributed by atoms with Crippen LogP contribution in [0.4, 0.5) is 5.69 Å². The first-order valence-corrected chi connectivity index (χ1v) is 12.1. The molecule has 1 aromatic heterocycles. The molecule has 7 nitrogen and oxygen atoms in total. The zero-order chi connectivity index (χ0) is 21.0. The van der Waals surface area contributed by atoms with Gasteiger partial charge in [-0.25, -0.2) is 8.42 Å². The van der Waals surface area contributed by atoms with Gasteiger partial charge in [-0.05, 0) is 55.5 Å². The monoisotopic (exact) mass is 428 g/mol. The van der Waals surface area contributed by atoms with Gasteiger partial charge in [0.15, 0.2) is 0 Å². The first kappa shape index (κ1) is 20.8. The Hall–Kier alpha value is -2.45. The molecule has 2 aliphatic rings. The number of aromatic nitrogens is 1. The lowest BCUT2D eigenvalue weighted by molar-refractivity contribution is 0.0951. The maximum Gasteiger partial charge on any atom is 0.253 e. The second-order valence-electron chi connectivity index (χ2n) is 7.88. The highest BCUT2D eigenvalue weighted by atomic mass is 32.2. The Balaban J connectivity index is 1.63. The van der Waals surface area contributed by atoms with Crippen molar-refractivity contribution in [3.05, 3.63) is 53.9 Å². The van der Waals surface area contributed by atoms with Crippen LogP contribution in [0.2, 0.25) is 0 Å². The number of hydrogen-bond acceptors (Lipinski definition) is 5. The third-order valence-electron chi connectivity index (χ3n) is 5.79. The zero-order valence-electron chi connectivity index (χ0n) is 17.1. The molecule has 0 bridgehead atoms. The molecule has 2 aliphatic heterocycles. The summed E-state index contributed by atoms with van der Waals surface area (Å²) in [4.78, 5) is 19.5. The average molecular weight is 429 g/mol. The van der Waals surface area contributed by atoms with Crippen molar-refractivity contribution in [2.24, 2.45) is 0 Å². The molecule has 30 heavy (non-hydrogen) atoms. The molecule has 3 heterocycles. The first-order valence-electron chi connectivity index (χ1n) is 10.6. The topological polar surface area (TPSA) is 82.6 Å². The minimum atomic E-state index is -3.60. The van der Waals surface area contributed by atoms with Gasteiger partial charge in [-0.1, -0.05) is 12.5 Å². The number of hydrogen-bond donors (Lipinski definition) is 1. The minimum absolute atomic E-state index is 0.193. The molecule has 1 aromatic carbocycles. The normalized spacial score (nSPS) is 17.8. The molecule has 0 spiro atoms. The molecule has 0 aliphatic carbocycles. The third kappa shape index (κ3) is 4.49. The summed E-state index contributed by atoms with van der Waals surface area (Å²) >= 11 is 0. The standard InChI is InChI=1S/C22H28N4O3S/c27-22(24-17-18-7-6-10-23-16-18)20-15-19(8-9-21(20)25-11-4-5-12-25)30(28,29)26-13-2-1-3-14-26/h6-10,15-16H,1-5,11-14,17H2,(H,24,27). The lowest BCUT2D eigenvalue weighted by Gasteiger charge is -2.27. The van der Waals surface area contributed by atoms with Gasteiger partial charge >= 0.3 is 0 Å². The van der Waals surface area contributed by atoms with E-state index in [1.165, 1.54) is 0 Å². The number of nitrogens with one attached hydrogen (secondary N) is 1. The van der Waals surface area contributed by atoms with Crippen LogP contribution >= 0.6 is 0 Å². The average Bonchev–Trinajstić information content (AvgIpc) is 3.33. The quantitative estimate of drug-likeness (QED) is 0.765. The molecule has 2 aromatic rings. The van der Waals surface area contributed by atoms with Crippen molar-refractivity contribution in [2.75, 3.05) is 31.1 Å². The van der Waals surface area contributed by atoms with Gasteiger partial charge in [0.05, 0.1) is 10.5 Å². The van der Waals surface area contributed by atoms with Gasteiger partial charge in [0, 0.05) is 50.8 Å². The van der Waals surface area contributed by atoms with Crippen LogP contribution in [0.1, 0.15) is 48.0 Å². The van der Waals surface area contributed by atoms with E-state index in [-0.39, 0.29) is 10.8 Å². The molecule has 2 saturated heterocycles. The summed E-state index contributed by atoms with van der Waals surface area (Å²) in [6.07, 6.45) is 8.36. The predicted octanol–water partition coefficient (Wildman–Crippen LogP) is 2.79. The highest BCUT2D eigenvalue weighted by Gasteiger charge is 2.28. The molecule has 2 fully saturated rings. The summed E-state index contributed by atoms with van der Waals surface area (Å²) in [7, 11) is -3.60. The molecule has 0 unspecified atom stereocenters. The van der Waals surface area contributed by atoms with Crippen molar-refractivity contribution in [3.8, 4) is 0 Å². The van der Waals surface area contributed by atoms with Gasteiger partial charge in [-0.2, -0.15) is 4.31 Å². The number of benzene rings is 1. The van der Waals surface area contributed by atoms with Crippen molar-refractivity contribution in [1.29, 1.82) is 0 Å². The number of carbonyl (C=O) groups excluding carboxylic acids is 1. The van der Waals surface area contributed by atoms with E-state index in [1.807, 2.05) is 12.1 Å². The summed E-state index contributed by atoms with van der Waals surface area (Å²) < 4.78 is 27.8. The van der Waals surface area contributed by atoms with Crippen LogP contribution in [0, 0.1) is 0 Å². The number of piperidine rings is 1. The van der Waals surface area contributed by atoms with Crippen LogP contribution in [0.3, 0.4) is 0 Å². The molecule has 160 valence electrons. The van der Waals surface area contributed by atoms with Crippen LogP contribution in [-0.4, -0.2) is 49.8 Å². The molecular formula is C22H28N4O3S. The third-order valence-corrected chi connectivity index (χ3v) is 7.68. The van der Waals surface area contributed by atoms with Crippen molar-refractivity contribution < 1.29 is 13.2 Å². The Bertz CT molecular complexity index is 983. The smallest absolute Gasteiger partial charge is 0.253 e. The van der Waals surface area contributed by atoms with Crippen molar-refractivity contribution >= 4 is 21.6 Å². The number of amides is 1. The summed E-state index contributed by atoms with van der Waals surface area (Å²) in [6.45, 7) is 3.18. The Morgan fingerprint density at radius 1 is 1.00 bits per heavy atom. The Kier molecular flexibility index (Phi) is 6.34. The lowest BCUT2D eigenvalue weighted by Crippen LogP contribution is -2.36. The SMILES string of the molecule is O=C(NCc1cccnc1)c1cc(S(=O)(=O)N2CCCCC2)ccc1N1CCCC1. The number of rotatable bonds is 6. The summed E-state index contributed by atoms with van der Waals surface area (Å²) in [5.41, 5.74) is 2.11. The van der Waals surface area contributed by atoms with Gasteiger partial charge in [0.25, 0.3) is 5.91 Å². The molecule has 1 N–H and O–H groups in total. The van der Waals surface area contributed by atoms with Crippen molar-refractivity contribution in [2.45, 2.75) is 43.5 Å². The predicted molar refractivity (Wildman–Crippen MR) is 116 cm³/mol. The highest BCUT2D eigenvalue weighted by molar-refractivity contribution is 7.89. The van der Waals surface area contributed by atoms with Crippen LogP contribution in [-0.2, 0) is 16.6 Å². The van der Waals surface area contributed by atoms with E-state index >= 15 is 0 Å². The highest BCUT2D eigenvalue weighted by Crippen LogP contribution is 2.29. The molecule has 0 saturated carbocycles. The van der Waals surface area contributed by atoms with Gasteiger partial charge in [0.2, 0.25) is 10.0 Å². The largest absolute Gasteiger partial charge is 0.371 e. The van der Waals surface area contributed by atoms with Crippen LogP contribution in [0.25, 0.3) is 0 Å². The van der Waals surface area contributed by atoms with E-state index in [9.17, 15) is 13.2 Å². The number of carbonyl (C=O) groups is 1. The van der Waals surface area contributed by atoms with E-state index in [0.29, 0.717) is 25.2 Å². The second kappa shape index (κ2) is 9.14. The van der Waals surface area contributed by atoms with Crippen LogP contribution in [0.15, 0.2) is 47.6 Å². The van der Waals surface area contributed by atoms with Crippen molar-refractivity contribution in [3.63, 3.8) is 0 Å². The number of sulfonamides is 1. The van der Waals surface area contributed by atoms with E-state index < -0.39 is 10.0 Å². The molecule has 1 amide bonds. The fraction of sp³-hybridized carbons (Fsp3) is 0.455. The first-order chi connectivity index (χ1) is 14.6. The number of nitrogens with zero attached hydrogens (tertiary/aromatic N) is 3. The summed E-state index contributed by atoms with van der Waals surface area (Å²) in [6, 6.07) is 8.71. The van der Waals surface area contributed by atoms with Gasteiger partial charge in [-0.15, -0.1) is 0 Å². The Labute approximate surface area is 178 Å². The summed E-state index contributed by atoms with van der Waals surface area (Å²) in [5, 5.41) is 2.92. The summed E-state index contributed by atoms with van der Waals surface area (Å²) in [5.74, 6) is -0.267. The Morgan fingerprint density at radius 2 is 1.73 bits per heavy atom. The van der Waals surface area contributed by atoms with Gasteiger partial charge in [0.1, 0.15) is 0 Å². The second-order valence-corrected chi connectivity index (χ2v) is 9.82. The molecule has 0 radical (unpaired) electrons. The minimum Gasteiger partial charge on any atom is -0.371 e. The van der Waals surface area contributed by atoms with Crippen LogP contribution < -0.4 is 10.2 Å². The maximum atomic E-state index is 13.1. The lowest BCUT2D eigenvalue weighted by atomic mass is 10.1. The fourth-order valence-electron chi connectivity index (χ4n) is 4.13. The molecule has 0 atom stereocenters.